The summed E-state index contributed by atoms with van der Waals surface area (Å²) in [6.07, 6.45) is 4.73. The number of pyridine rings is 2. The van der Waals surface area contributed by atoms with E-state index in [1.165, 1.54) is 13.3 Å². The van der Waals surface area contributed by atoms with E-state index in [4.69, 9.17) is 9.47 Å². The van der Waals surface area contributed by atoms with Crippen molar-refractivity contribution in [2.75, 3.05) is 13.7 Å². The van der Waals surface area contributed by atoms with E-state index in [9.17, 15) is 10.1 Å². The second kappa shape index (κ2) is 9.10. The minimum Gasteiger partial charge on any atom is -0.467 e. The molecule has 8 heteroatoms. The number of nitrogens with zero attached hydrogens (tertiary/aromatic N) is 4. The van der Waals surface area contributed by atoms with Gasteiger partial charge in [-0.25, -0.2) is 10.4 Å². The average molecular weight is 339 g/mol. The monoisotopic (exact) mass is 339 g/mol. The van der Waals surface area contributed by atoms with E-state index in [0.717, 1.165) is 5.56 Å². The van der Waals surface area contributed by atoms with Crippen molar-refractivity contribution in [1.82, 2.24) is 15.4 Å². The molecule has 0 aliphatic carbocycles. The number of rotatable bonds is 7. The number of hydrogen-bond acceptors (Lipinski definition) is 7. The van der Waals surface area contributed by atoms with Crippen LogP contribution in [0.25, 0.3) is 0 Å². The van der Waals surface area contributed by atoms with Crippen LogP contribution < -0.4 is 10.2 Å². The number of amides is 1. The molecule has 0 aliphatic heterocycles. The van der Waals surface area contributed by atoms with E-state index >= 15 is 0 Å². The number of carbonyl (C=O) groups is 1. The lowest BCUT2D eigenvalue weighted by molar-refractivity contribution is -0.123. The van der Waals surface area contributed by atoms with E-state index in [0.29, 0.717) is 11.3 Å². The van der Waals surface area contributed by atoms with Gasteiger partial charge in [-0.3, -0.25) is 9.78 Å². The Bertz CT molecular complexity index is 800. The van der Waals surface area contributed by atoms with Crippen molar-refractivity contribution in [3.05, 3.63) is 53.0 Å². The number of hydrazone groups is 1. The van der Waals surface area contributed by atoms with E-state index in [2.05, 4.69) is 20.5 Å². The predicted octanol–water partition coefficient (Wildman–Crippen LogP) is 1.33. The van der Waals surface area contributed by atoms with Gasteiger partial charge in [0.15, 0.2) is 6.61 Å². The summed E-state index contributed by atoms with van der Waals surface area (Å²) < 4.78 is 10.4. The molecule has 0 aromatic carbocycles. The summed E-state index contributed by atoms with van der Waals surface area (Å²) in [6, 6.07) is 7.27. The van der Waals surface area contributed by atoms with Gasteiger partial charge in [0.2, 0.25) is 5.88 Å². The van der Waals surface area contributed by atoms with Gasteiger partial charge >= 0.3 is 0 Å². The Hall–Kier alpha value is -3.31. The molecule has 0 saturated carbocycles. The van der Waals surface area contributed by atoms with Crippen LogP contribution in [0.3, 0.4) is 0 Å². The van der Waals surface area contributed by atoms with Gasteiger partial charge < -0.3 is 9.47 Å². The summed E-state index contributed by atoms with van der Waals surface area (Å²) in [6.45, 7) is 1.71. The van der Waals surface area contributed by atoms with E-state index < -0.39 is 5.91 Å². The van der Waals surface area contributed by atoms with Gasteiger partial charge in [-0.2, -0.15) is 10.4 Å². The molecule has 2 heterocycles. The lowest BCUT2D eigenvalue weighted by atomic mass is 10.1. The Balaban J connectivity index is 1.97. The molecular weight excluding hydrogens is 322 g/mol. The summed E-state index contributed by atoms with van der Waals surface area (Å²) in [5, 5.41) is 13.1. The number of nitrogens with one attached hydrogen (secondary N) is 1. The number of ether oxygens (including phenoxy) is 2. The predicted molar refractivity (Wildman–Crippen MR) is 89.9 cm³/mol. The van der Waals surface area contributed by atoms with E-state index in [1.807, 2.05) is 6.07 Å². The van der Waals surface area contributed by atoms with Gasteiger partial charge in [0, 0.05) is 30.8 Å². The Labute approximate surface area is 145 Å². The number of methoxy groups -OCH3 is 1. The van der Waals surface area contributed by atoms with Gasteiger partial charge in [0.25, 0.3) is 5.91 Å². The summed E-state index contributed by atoms with van der Waals surface area (Å²) >= 11 is 0. The number of aromatic nitrogens is 2. The molecule has 1 N–H and O–H groups in total. The van der Waals surface area contributed by atoms with Crippen molar-refractivity contribution < 1.29 is 14.3 Å². The molecule has 0 aliphatic rings. The molecule has 0 bridgehead atoms. The van der Waals surface area contributed by atoms with Crippen LogP contribution in [0.5, 0.6) is 5.88 Å². The number of aryl methyl sites for hydroxylation is 1. The van der Waals surface area contributed by atoms with Crippen LogP contribution >= 0.6 is 0 Å². The van der Waals surface area contributed by atoms with Crippen LogP contribution in [0.4, 0.5) is 0 Å². The third kappa shape index (κ3) is 5.37. The third-order valence-corrected chi connectivity index (χ3v) is 3.06. The van der Waals surface area contributed by atoms with E-state index in [-0.39, 0.29) is 24.7 Å². The summed E-state index contributed by atoms with van der Waals surface area (Å²) in [5.41, 5.74) is 4.71. The normalized spacial score (nSPS) is 10.4. The number of carbonyl (C=O) groups excluding carboxylic acids is 1. The maximum absolute atomic E-state index is 11.8. The molecule has 0 unspecified atom stereocenters. The fraction of sp³-hybridized carbons (Fsp3) is 0.235. The molecular formula is C17H17N5O3. The first-order valence-corrected chi connectivity index (χ1v) is 7.38. The van der Waals surface area contributed by atoms with Crippen LogP contribution in [0.2, 0.25) is 0 Å². The van der Waals surface area contributed by atoms with Crippen molar-refractivity contribution in [3.63, 3.8) is 0 Å². The van der Waals surface area contributed by atoms with Crippen molar-refractivity contribution in [3.8, 4) is 11.9 Å². The number of hydrogen-bond donors (Lipinski definition) is 1. The van der Waals surface area contributed by atoms with Crippen molar-refractivity contribution in [2.24, 2.45) is 5.10 Å². The van der Waals surface area contributed by atoms with E-state index in [1.54, 1.807) is 37.5 Å². The summed E-state index contributed by atoms with van der Waals surface area (Å²) in [4.78, 5) is 19.8. The lowest BCUT2D eigenvalue weighted by Gasteiger charge is -2.10. The molecule has 8 nitrogen and oxygen atoms in total. The lowest BCUT2D eigenvalue weighted by Crippen LogP contribution is -2.25. The zero-order valence-electron chi connectivity index (χ0n) is 13.9. The molecule has 0 fully saturated rings. The second-order valence-corrected chi connectivity index (χ2v) is 5.01. The van der Waals surface area contributed by atoms with Gasteiger partial charge in [-0.05, 0) is 30.7 Å². The van der Waals surface area contributed by atoms with Crippen LogP contribution in [0.15, 0.2) is 35.7 Å². The fourth-order valence-corrected chi connectivity index (χ4v) is 2.00. The Morgan fingerprint density at radius 1 is 1.44 bits per heavy atom. The van der Waals surface area contributed by atoms with Crippen molar-refractivity contribution >= 4 is 12.1 Å². The molecule has 1 amide bonds. The highest BCUT2D eigenvalue weighted by molar-refractivity contribution is 5.82. The molecule has 2 aromatic heterocycles. The molecule has 25 heavy (non-hydrogen) atoms. The van der Waals surface area contributed by atoms with Crippen molar-refractivity contribution in [1.29, 1.82) is 5.26 Å². The summed E-state index contributed by atoms with van der Waals surface area (Å²) in [7, 11) is 1.53. The zero-order chi connectivity index (χ0) is 18.1. The first-order valence-electron chi connectivity index (χ1n) is 7.38. The highest BCUT2D eigenvalue weighted by Gasteiger charge is 2.14. The zero-order valence-corrected chi connectivity index (χ0v) is 13.9. The second-order valence-electron chi connectivity index (χ2n) is 5.01. The minimum absolute atomic E-state index is 0.0998. The number of nitriles is 1. The maximum atomic E-state index is 11.8. The first-order chi connectivity index (χ1) is 12.1. The van der Waals surface area contributed by atoms with Gasteiger partial charge in [-0.1, -0.05) is 0 Å². The van der Waals surface area contributed by atoms with Crippen LogP contribution in [-0.4, -0.2) is 35.8 Å². The minimum atomic E-state index is -0.467. The Morgan fingerprint density at radius 2 is 2.20 bits per heavy atom. The van der Waals surface area contributed by atoms with Crippen LogP contribution in [0.1, 0.15) is 22.4 Å². The Morgan fingerprint density at radius 3 is 2.88 bits per heavy atom. The van der Waals surface area contributed by atoms with Gasteiger partial charge in [-0.15, -0.1) is 0 Å². The average Bonchev–Trinajstić information content (AvgIpc) is 2.61. The topological polar surface area (TPSA) is 109 Å². The molecule has 2 rings (SSSR count). The molecule has 0 spiro atoms. The van der Waals surface area contributed by atoms with Crippen molar-refractivity contribution in [2.45, 2.75) is 13.5 Å². The molecule has 0 saturated heterocycles. The fourth-order valence-electron chi connectivity index (χ4n) is 2.00. The summed E-state index contributed by atoms with van der Waals surface area (Å²) in [5.74, 6) is -0.367. The molecule has 0 atom stereocenters. The van der Waals surface area contributed by atoms with Crippen LogP contribution in [0, 0.1) is 18.3 Å². The smallest absolute Gasteiger partial charge is 0.278 e. The van der Waals surface area contributed by atoms with Crippen LogP contribution in [-0.2, 0) is 16.1 Å². The Kier molecular flexibility index (Phi) is 6.56. The third-order valence-electron chi connectivity index (χ3n) is 3.06. The largest absolute Gasteiger partial charge is 0.467 e. The SMILES string of the molecule is COCc1cc(C)nc(OCC(=O)N/N=C/c2ccncc2)c1C#N. The quantitative estimate of drug-likeness (QED) is 0.602. The highest BCUT2D eigenvalue weighted by Crippen LogP contribution is 2.21. The van der Waals surface area contributed by atoms with Gasteiger partial charge in [0.1, 0.15) is 11.6 Å². The molecule has 128 valence electrons. The van der Waals surface area contributed by atoms with Gasteiger partial charge in [0.05, 0.1) is 12.8 Å². The highest BCUT2D eigenvalue weighted by atomic mass is 16.5. The first kappa shape index (κ1) is 18.0. The maximum Gasteiger partial charge on any atom is 0.278 e. The standard InChI is InChI=1S/C17H17N5O3/c1-12-7-14(10-24-2)15(8-18)17(21-12)25-11-16(23)22-20-9-13-3-5-19-6-4-13/h3-7,9H,10-11H2,1-2H3,(H,22,23)/b20-9+. The molecule has 2 aromatic rings. The molecule has 0 radical (unpaired) electrons.